The van der Waals surface area contributed by atoms with E-state index in [1.165, 1.54) is 32.1 Å². The monoisotopic (exact) mass is 371 g/mol. The third-order valence-electron chi connectivity index (χ3n) is 4.85. The van der Waals surface area contributed by atoms with Gasteiger partial charge in [-0.15, -0.1) is 0 Å². The Morgan fingerprint density at radius 2 is 1.78 bits per heavy atom. The molecule has 0 bridgehead atoms. The van der Waals surface area contributed by atoms with Gasteiger partial charge in [-0.3, -0.25) is 9.59 Å². The zero-order valence-electron chi connectivity index (χ0n) is 16.7. The maximum Gasteiger partial charge on any atom is 0.240 e. The van der Waals surface area contributed by atoms with Crippen LogP contribution in [0.2, 0.25) is 0 Å². The smallest absolute Gasteiger partial charge is 0.240 e. The van der Waals surface area contributed by atoms with Gasteiger partial charge in [0.1, 0.15) is 0 Å². The van der Waals surface area contributed by atoms with Crippen molar-refractivity contribution in [3.8, 4) is 0 Å². The summed E-state index contributed by atoms with van der Waals surface area (Å²) in [5.74, 6) is 0.222. The average Bonchev–Trinajstić information content (AvgIpc) is 3.51. The first-order chi connectivity index (χ1) is 13.1. The van der Waals surface area contributed by atoms with Crippen molar-refractivity contribution in [3.63, 3.8) is 0 Å². The normalized spacial score (nSPS) is 14.1. The molecule has 0 aromatic heterocycles. The van der Waals surface area contributed by atoms with Gasteiger partial charge in [-0.25, -0.2) is 5.43 Å². The molecular formula is C22H33N3O2. The lowest BCUT2D eigenvalue weighted by atomic mass is 10.1. The molecule has 5 heteroatoms. The number of nitrogens with zero attached hydrogens (tertiary/aromatic N) is 1. The zero-order valence-corrected chi connectivity index (χ0v) is 16.7. The molecule has 1 fully saturated rings. The number of amides is 2. The van der Waals surface area contributed by atoms with E-state index >= 15 is 0 Å². The first kappa shape index (κ1) is 21.1. The van der Waals surface area contributed by atoms with Crippen molar-refractivity contribution in [3.05, 3.63) is 29.8 Å². The Kier molecular flexibility index (Phi) is 9.02. The average molecular weight is 372 g/mol. The highest BCUT2D eigenvalue weighted by molar-refractivity contribution is 6.01. The van der Waals surface area contributed by atoms with Crippen molar-refractivity contribution < 1.29 is 9.59 Å². The number of carbonyl (C=O) groups excluding carboxylic acids is 2. The fraction of sp³-hybridized carbons (Fsp3) is 0.591. The Morgan fingerprint density at radius 1 is 1.07 bits per heavy atom. The molecule has 1 aromatic carbocycles. The van der Waals surface area contributed by atoms with Crippen LogP contribution in [0, 0.1) is 5.92 Å². The molecule has 5 nitrogen and oxygen atoms in total. The largest absolute Gasteiger partial charge is 0.326 e. The number of hydrazone groups is 1. The van der Waals surface area contributed by atoms with Gasteiger partial charge < -0.3 is 5.32 Å². The maximum absolute atomic E-state index is 11.9. The summed E-state index contributed by atoms with van der Waals surface area (Å²) < 4.78 is 0. The Bertz CT molecular complexity index is 651. The molecule has 0 unspecified atom stereocenters. The van der Waals surface area contributed by atoms with Crippen LogP contribution in [-0.2, 0) is 9.59 Å². The molecule has 2 N–H and O–H groups in total. The number of benzene rings is 1. The van der Waals surface area contributed by atoms with Gasteiger partial charge in [-0.1, -0.05) is 57.6 Å². The number of hydrogen-bond acceptors (Lipinski definition) is 3. The van der Waals surface area contributed by atoms with E-state index in [1.54, 1.807) is 0 Å². The highest BCUT2D eigenvalue weighted by Gasteiger charge is 2.29. The Morgan fingerprint density at radius 3 is 2.48 bits per heavy atom. The highest BCUT2D eigenvalue weighted by atomic mass is 16.2. The van der Waals surface area contributed by atoms with Crippen molar-refractivity contribution >= 4 is 23.2 Å². The lowest BCUT2D eigenvalue weighted by molar-refractivity contribution is -0.121. The fourth-order valence-electron chi connectivity index (χ4n) is 2.92. The van der Waals surface area contributed by atoms with Crippen LogP contribution in [0.5, 0.6) is 0 Å². The van der Waals surface area contributed by atoms with Crippen LogP contribution in [0.25, 0.3) is 0 Å². The van der Waals surface area contributed by atoms with Gasteiger partial charge in [0.25, 0.3) is 0 Å². The van der Waals surface area contributed by atoms with Gasteiger partial charge >= 0.3 is 0 Å². The van der Waals surface area contributed by atoms with Crippen LogP contribution in [0.4, 0.5) is 5.69 Å². The fourth-order valence-corrected chi connectivity index (χ4v) is 2.92. The van der Waals surface area contributed by atoms with Crippen LogP contribution in [-0.4, -0.2) is 17.5 Å². The molecule has 0 aliphatic heterocycles. The van der Waals surface area contributed by atoms with E-state index < -0.39 is 0 Å². The molecule has 148 valence electrons. The van der Waals surface area contributed by atoms with E-state index in [4.69, 9.17) is 0 Å². The van der Waals surface area contributed by atoms with E-state index in [0.717, 1.165) is 42.6 Å². The van der Waals surface area contributed by atoms with Gasteiger partial charge in [0.15, 0.2) is 0 Å². The molecule has 0 radical (unpaired) electrons. The Balaban J connectivity index is 1.71. The third kappa shape index (κ3) is 8.37. The van der Waals surface area contributed by atoms with Gasteiger partial charge in [0.05, 0.1) is 5.71 Å². The summed E-state index contributed by atoms with van der Waals surface area (Å²) in [6.45, 7) is 4.07. The van der Waals surface area contributed by atoms with Crippen LogP contribution >= 0.6 is 0 Å². The molecule has 1 saturated carbocycles. The first-order valence-corrected chi connectivity index (χ1v) is 10.3. The Labute approximate surface area is 163 Å². The summed E-state index contributed by atoms with van der Waals surface area (Å²) in [6.07, 6.45) is 10.8. The van der Waals surface area contributed by atoms with Crippen molar-refractivity contribution in [1.82, 2.24) is 5.43 Å². The van der Waals surface area contributed by atoms with Crippen molar-refractivity contribution in [2.45, 2.75) is 78.1 Å². The lowest BCUT2D eigenvalue weighted by Crippen LogP contribution is -2.19. The summed E-state index contributed by atoms with van der Waals surface area (Å²) >= 11 is 0. The minimum absolute atomic E-state index is 0.0406. The second-order valence-corrected chi connectivity index (χ2v) is 7.45. The molecule has 0 heterocycles. The van der Waals surface area contributed by atoms with Gasteiger partial charge in [0, 0.05) is 18.0 Å². The van der Waals surface area contributed by atoms with Gasteiger partial charge in [-0.05, 0) is 43.9 Å². The predicted molar refractivity (Wildman–Crippen MR) is 111 cm³/mol. The molecule has 0 saturated heterocycles. The summed E-state index contributed by atoms with van der Waals surface area (Å²) in [7, 11) is 0. The second-order valence-electron chi connectivity index (χ2n) is 7.45. The first-order valence-electron chi connectivity index (χ1n) is 10.3. The van der Waals surface area contributed by atoms with Gasteiger partial charge in [0.2, 0.25) is 11.8 Å². The van der Waals surface area contributed by atoms with Crippen LogP contribution < -0.4 is 10.7 Å². The minimum Gasteiger partial charge on any atom is -0.326 e. The minimum atomic E-state index is -0.0406. The molecule has 0 spiro atoms. The van der Waals surface area contributed by atoms with Crippen LogP contribution in [0.15, 0.2) is 29.4 Å². The van der Waals surface area contributed by atoms with Crippen LogP contribution in [0.3, 0.4) is 0 Å². The second kappa shape index (κ2) is 11.5. The number of carbonyl (C=O) groups is 2. The molecular weight excluding hydrogens is 338 g/mol. The predicted octanol–water partition coefficient (Wildman–Crippen LogP) is 5.02. The molecule has 2 amide bonds. The summed E-state index contributed by atoms with van der Waals surface area (Å²) in [5.41, 5.74) is 5.03. The quantitative estimate of drug-likeness (QED) is 0.308. The van der Waals surface area contributed by atoms with Crippen molar-refractivity contribution in [2.24, 2.45) is 11.0 Å². The van der Waals surface area contributed by atoms with E-state index in [2.05, 4.69) is 22.8 Å². The molecule has 2 rings (SSSR count). The van der Waals surface area contributed by atoms with Crippen molar-refractivity contribution in [1.29, 1.82) is 0 Å². The molecule has 1 aliphatic rings. The van der Waals surface area contributed by atoms with E-state index in [1.807, 2.05) is 31.2 Å². The molecule has 27 heavy (non-hydrogen) atoms. The summed E-state index contributed by atoms with van der Waals surface area (Å²) in [4.78, 5) is 23.8. The standard InChI is InChI=1S/C22H33N3O2/c1-3-4-5-6-7-8-9-13-21(26)25-24-17(2)19-11-10-12-20(16-19)23-22(27)18-14-15-18/h10-12,16,18H,3-9,13-15H2,1-2H3,(H,23,27)(H,25,26). The number of anilines is 1. The lowest BCUT2D eigenvalue weighted by Gasteiger charge is -2.07. The van der Waals surface area contributed by atoms with E-state index in [9.17, 15) is 9.59 Å². The molecule has 0 atom stereocenters. The molecule has 1 aliphatic carbocycles. The molecule has 1 aromatic rings. The van der Waals surface area contributed by atoms with E-state index in [0.29, 0.717) is 6.42 Å². The highest BCUT2D eigenvalue weighted by Crippen LogP contribution is 2.30. The van der Waals surface area contributed by atoms with E-state index in [-0.39, 0.29) is 17.7 Å². The number of hydrogen-bond donors (Lipinski definition) is 2. The number of unbranched alkanes of at least 4 members (excludes halogenated alkanes) is 6. The zero-order chi connectivity index (χ0) is 19.5. The summed E-state index contributed by atoms with van der Waals surface area (Å²) in [6, 6.07) is 7.57. The van der Waals surface area contributed by atoms with Gasteiger partial charge in [-0.2, -0.15) is 5.10 Å². The van der Waals surface area contributed by atoms with Crippen LogP contribution in [0.1, 0.15) is 83.6 Å². The third-order valence-corrected chi connectivity index (χ3v) is 4.85. The number of rotatable bonds is 12. The van der Waals surface area contributed by atoms with Crippen molar-refractivity contribution in [2.75, 3.05) is 5.32 Å². The Hall–Kier alpha value is -2.17. The number of nitrogens with one attached hydrogen (secondary N) is 2. The maximum atomic E-state index is 11.9. The SMILES string of the molecule is CCCCCCCCCC(=O)NN=C(C)c1cccc(NC(=O)C2CC2)c1. The topological polar surface area (TPSA) is 70.6 Å². The summed E-state index contributed by atoms with van der Waals surface area (Å²) in [5, 5.41) is 7.14.